The summed E-state index contributed by atoms with van der Waals surface area (Å²) in [6.07, 6.45) is 5.87. The Hall–Kier alpha value is -1.10. The predicted octanol–water partition coefficient (Wildman–Crippen LogP) is 3.86. The standard InChI is InChI=1S/C20H36O5/c1-19(2,3)24-17(22)16(18(23)25-20(4,5)6)12-15(13-21)14-10-8-7-9-11-14/h14-16,21H,7-13H2,1-6H3/t15-/m1/s1. The quantitative estimate of drug-likeness (QED) is 0.578. The second kappa shape index (κ2) is 9.02. The Morgan fingerprint density at radius 3 is 1.72 bits per heavy atom. The maximum atomic E-state index is 12.6. The maximum Gasteiger partial charge on any atom is 0.320 e. The molecule has 0 heterocycles. The third-order valence-electron chi connectivity index (χ3n) is 4.47. The minimum Gasteiger partial charge on any atom is -0.459 e. The van der Waals surface area contributed by atoms with Gasteiger partial charge in [-0.1, -0.05) is 32.1 Å². The van der Waals surface area contributed by atoms with Crippen molar-refractivity contribution >= 4 is 11.9 Å². The van der Waals surface area contributed by atoms with Gasteiger partial charge in [0, 0.05) is 6.61 Å². The van der Waals surface area contributed by atoms with Crippen LogP contribution < -0.4 is 0 Å². The molecule has 0 saturated heterocycles. The fourth-order valence-electron chi connectivity index (χ4n) is 3.36. The monoisotopic (exact) mass is 356 g/mol. The van der Waals surface area contributed by atoms with Gasteiger partial charge in [-0.15, -0.1) is 0 Å². The molecule has 0 spiro atoms. The van der Waals surface area contributed by atoms with Crippen molar-refractivity contribution in [2.45, 2.75) is 91.3 Å². The molecule has 0 aromatic carbocycles. The zero-order valence-electron chi connectivity index (χ0n) is 16.8. The van der Waals surface area contributed by atoms with Crippen molar-refractivity contribution in [3.63, 3.8) is 0 Å². The number of esters is 2. The number of carbonyl (C=O) groups is 2. The average Bonchev–Trinajstić information content (AvgIpc) is 2.45. The third-order valence-corrected chi connectivity index (χ3v) is 4.47. The topological polar surface area (TPSA) is 72.8 Å². The first-order valence-corrected chi connectivity index (χ1v) is 9.49. The highest BCUT2D eigenvalue weighted by Gasteiger charge is 2.38. The van der Waals surface area contributed by atoms with Crippen LogP contribution in [0.4, 0.5) is 0 Å². The van der Waals surface area contributed by atoms with Crippen LogP contribution in [-0.2, 0) is 19.1 Å². The van der Waals surface area contributed by atoms with E-state index in [9.17, 15) is 14.7 Å². The maximum absolute atomic E-state index is 12.6. The van der Waals surface area contributed by atoms with Crippen molar-refractivity contribution in [3.05, 3.63) is 0 Å². The Kier molecular flexibility index (Phi) is 7.91. The minimum atomic E-state index is -0.988. The highest BCUT2D eigenvalue weighted by atomic mass is 16.6. The molecule has 0 aromatic heterocycles. The van der Waals surface area contributed by atoms with E-state index >= 15 is 0 Å². The fraction of sp³-hybridized carbons (Fsp3) is 0.900. The lowest BCUT2D eigenvalue weighted by Gasteiger charge is -2.32. The Morgan fingerprint density at radius 2 is 1.36 bits per heavy atom. The van der Waals surface area contributed by atoms with E-state index in [-0.39, 0.29) is 18.9 Å². The van der Waals surface area contributed by atoms with Gasteiger partial charge in [0.05, 0.1) is 0 Å². The normalized spacial score (nSPS) is 18.1. The van der Waals surface area contributed by atoms with Crippen LogP contribution in [0.15, 0.2) is 0 Å². The van der Waals surface area contributed by atoms with Gasteiger partial charge in [0.2, 0.25) is 0 Å². The van der Waals surface area contributed by atoms with Crippen LogP contribution in [-0.4, -0.2) is 34.9 Å². The summed E-state index contributed by atoms with van der Waals surface area (Å²) < 4.78 is 10.9. The molecule has 1 saturated carbocycles. The molecule has 0 amide bonds. The van der Waals surface area contributed by atoms with Gasteiger partial charge in [-0.3, -0.25) is 9.59 Å². The van der Waals surface area contributed by atoms with Crippen molar-refractivity contribution < 1.29 is 24.2 Å². The Balaban J connectivity index is 2.91. The Labute approximate surface area is 152 Å². The van der Waals surface area contributed by atoms with Gasteiger partial charge < -0.3 is 14.6 Å². The molecule has 25 heavy (non-hydrogen) atoms. The highest BCUT2D eigenvalue weighted by Crippen LogP contribution is 2.34. The van der Waals surface area contributed by atoms with Gasteiger partial charge in [0.15, 0.2) is 5.92 Å². The van der Waals surface area contributed by atoms with Gasteiger partial charge in [0.1, 0.15) is 11.2 Å². The number of aliphatic hydroxyl groups excluding tert-OH is 1. The predicted molar refractivity (Wildman–Crippen MR) is 96.9 cm³/mol. The first-order chi connectivity index (χ1) is 11.4. The van der Waals surface area contributed by atoms with Crippen LogP contribution in [0.25, 0.3) is 0 Å². The average molecular weight is 357 g/mol. The summed E-state index contributed by atoms with van der Waals surface area (Å²) in [7, 11) is 0. The SMILES string of the molecule is CC(C)(C)OC(=O)C(C[C@H](CO)C1CCCCC1)C(=O)OC(C)(C)C. The molecular formula is C20H36O5. The molecule has 1 aliphatic rings. The van der Waals surface area contributed by atoms with E-state index in [1.807, 2.05) is 0 Å². The zero-order chi connectivity index (χ0) is 19.3. The van der Waals surface area contributed by atoms with Crippen LogP contribution in [0.5, 0.6) is 0 Å². The van der Waals surface area contributed by atoms with Crippen molar-refractivity contribution in [1.82, 2.24) is 0 Å². The first kappa shape index (κ1) is 21.9. The molecule has 0 aromatic rings. The largest absolute Gasteiger partial charge is 0.459 e. The molecule has 1 atom stereocenters. The smallest absolute Gasteiger partial charge is 0.320 e. The molecule has 0 aliphatic heterocycles. The van der Waals surface area contributed by atoms with E-state index in [2.05, 4.69) is 0 Å². The first-order valence-electron chi connectivity index (χ1n) is 9.49. The van der Waals surface area contributed by atoms with Crippen molar-refractivity contribution in [1.29, 1.82) is 0 Å². The minimum absolute atomic E-state index is 0.0211. The summed E-state index contributed by atoms with van der Waals surface area (Å²) in [6, 6.07) is 0. The lowest BCUT2D eigenvalue weighted by molar-refractivity contribution is -0.175. The number of carbonyl (C=O) groups excluding carboxylic acids is 2. The van der Waals surface area contributed by atoms with Crippen LogP contribution in [0.1, 0.15) is 80.1 Å². The molecule has 0 bridgehead atoms. The summed E-state index contributed by atoms with van der Waals surface area (Å²) in [5.41, 5.74) is -1.34. The molecule has 1 fully saturated rings. The second-order valence-corrected chi connectivity index (χ2v) is 9.20. The Morgan fingerprint density at radius 1 is 0.920 bits per heavy atom. The second-order valence-electron chi connectivity index (χ2n) is 9.20. The van der Waals surface area contributed by atoms with E-state index in [0.717, 1.165) is 25.7 Å². The van der Waals surface area contributed by atoms with Gasteiger partial charge in [-0.25, -0.2) is 0 Å². The van der Waals surface area contributed by atoms with Crippen LogP contribution in [0, 0.1) is 17.8 Å². The molecule has 0 radical (unpaired) electrons. The molecule has 146 valence electrons. The van der Waals surface area contributed by atoms with E-state index in [1.54, 1.807) is 41.5 Å². The van der Waals surface area contributed by atoms with Crippen molar-refractivity contribution in [3.8, 4) is 0 Å². The summed E-state index contributed by atoms with van der Waals surface area (Å²) in [5.74, 6) is -1.83. The van der Waals surface area contributed by atoms with E-state index in [4.69, 9.17) is 9.47 Å². The molecule has 1 aliphatic carbocycles. The molecule has 0 unspecified atom stereocenters. The van der Waals surface area contributed by atoms with E-state index < -0.39 is 29.1 Å². The molecule has 1 N–H and O–H groups in total. The lowest BCUT2D eigenvalue weighted by atomic mass is 9.76. The Bertz CT molecular complexity index is 410. The number of aliphatic hydroxyl groups is 1. The van der Waals surface area contributed by atoms with Crippen LogP contribution in [0.3, 0.4) is 0 Å². The number of hydrogen-bond donors (Lipinski definition) is 1. The number of rotatable bonds is 6. The molecule has 5 nitrogen and oxygen atoms in total. The number of hydrogen-bond acceptors (Lipinski definition) is 5. The van der Waals surface area contributed by atoms with Gasteiger partial charge >= 0.3 is 11.9 Å². The van der Waals surface area contributed by atoms with Crippen LogP contribution >= 0.6 is 0 Å². The van der Waals surface area contributed by atoms with E-state index in [0.29, 0.717) is 5.92 Å². The summed E-state index contributed by atoms with van der Waals surface area (Å²) in [5, 5.41) is 9.85. The van der Waals surface area contributed by atoms with Gasteiger partial charge in [0.25, 0.3) is 0 Å². The zero-order valence-corrected chi connectivity index (χ0v) is 16.8. The third kappa shape index (κ3) is 8.21. The molecule has 5 heteroatoms. The summed E-state index contributed by atoms with van der Waals surface area (Å²) in [4.78, 5) is 25.2. The van der Waals surface area contributed by atoms with Gasteiger partial charge in [-0.05, 0) is 59.8 Å². The molecule has 1 rings (SSSR count). The van der Waals surface area contributed by atoms with Crippen molar-refractivity contribution in [2.75, 3.05) is 6.61 Å². The lowest BCUT2D eigenvalue weighted by Crippen LogP contribution is -2.39. The fourth-order valence-corrected chi connectivity index (χ4v) is 3.36. The summed E-state index contributed by atoms with van der Waals surface area (Å²) in [6.45, 7) is 10.7. The van der Waals surface area contributed by atoms with Crippen molar-refractivity contribution in [2.24, 2.45) is 17.8 Å². The van der Waals surface area contributed by atoms with Gasteiger partial charge in [-0.2, -0.15) is 0 Å². The summed E-state index contributed by atoms with van der Waals surface area (Å²) >= 11 is 0. The van der Waals surface area contributed by atoms with Crippen LogP contribution in [0.2, 0.25) is 0 Å². The highest BCUT2D eigenvalue weighted by molar-refractivity contribution is 5.95. The van der Waals surface area contributed by atoms with E-state index in [1.165, 1.54) is 6.42 Å². The molecular weight excluding hydrogens is 320 g/mol. The number of ether oxygens (including phenoxy) is 2.